The number of nitrogens with zero attached hydrogens (tertiary/aromatic N) is 1. The normalized spacial score (nSPS) is 18.6. The lowest BCUT2D eigenvalue weighted by atomic mass is 9.78. The third kappa shape index (κ3) is 3.38. The number of fused-ring (bicyclic) bond motifs is 3. The number of benzene rings is 1. The summed E-state index contributed by atoms with van der Waals surface area (Å²) in [5.41, 5.74) is 7.78. The number of aromatic amines is 1. The Balaban J connectivity index is 1.52. The van der Waals surface area contributed by atoms with E-state index < -0.39 is 0 Å². The second kappa shape index (κ2) is 8.18. The minimum absolute atomic E-state index is 0.115. The van der Waals surface area contributed by atoms with Crippen molar-refractivity contribution in [1.29, 1.82) is 0 Å². The molecule has 0 radical (unpaired) electrons. The van der Waals surface area contributed by atoms with Gasteiger partial charge in [-0.1, -0.05) is 0 Å². The van der Waals surface area contributed by atoms with Crippen molar-refractivity contribution in [2.24, 2.45) is 5.92 Å². The number of rotatable bonds is 6. The summed E-state index contributed by atoms with van der Waals surface area (Å²) in [4.78, 5) is 16.5. The smallest absolute Gasteiger partial charge is 0.165 e. The molecule has 0 saturated heterocycles. The summed E-state index contributed by atoms with van der Waals surface area (Å²) < 4.78 is 14.0. The molecule has 1 fully saturated rings. The molecule has 1 aliphatic carbocycles. The third-order valence-corrected chi connectivity index (χ3v) is 7.72. The van der Waals surface area contributed by atoms with Gasteiger partial charge in [-0.05, 0) is 48.8 Å². The first-order valence-electron chi connectivity index (χ1n) is 11.5. The van der Waals surface area contributed by atoms with E-state index in [2.05, 4.69) is 34.0 Å². The fourth-order valence-corrected chi connectivity index (χ4v) is 5.82. The Morgan fingerprint density at radius 1 is 1.26 bits per heavy atom. The summed E-state index contributed by atoms with van der Waals surface area (Å²) in [6.45, 7) is 2.40. The number of aromatic nitrogens is 2. The lowest BCUT2D eigenvalue weighted by Crippen LogP contribution is -2.30. The molecular weight excluding hydrogens is 448 g/mol. The van der Waals surface area contributed by atoms with Crippen LogP contribution in [-0.2, 0) is 6.61 Å². The quantitative estimate of drug-likeness (QED) is 0.349. The van der Waals surface area contributed by atoms with Gasteiger partial charge < -0.3 is 24.1 Å². The second-order valence-electron chi connectivity index (χ2n) is 9.23. The number of H-pyrrole nitrogens is 1. The van der Waals surface area contributed by atoms with Crippen LogP contribution in [0.15, 0.2) is 47.5 Å². The SMILES string of the molecule is COc1cc2c(cc1-c1c[nH]cc1C)-c1c(c(C(=O)CC3CC(O)C3)cn1-c1ccsc1)CO2. The molecule has 2 N–H and O–H groups in total. The molecule has 0 unspecified atom stereocenters. The lowest BCUT2D eigenvalue weighted by Gasteiger charge is -2.30. The zero-order valence-corrected chi connectivity index (χ0v) is 19.9. The van der Waals surface area contributed by atoms with Crippen molar-refractivity contribution in [2.75, 3.05) is 7.11 Å². The van der Waals surface area contributed by atoms with Crippen LogP contribution in [-0.4, -0.2) is 33.7 Å². The molecule has 6 rings (SSSR count). The van der Waals surface area contributed by atoms with Crippen molar-refractivity contribution in [1.82, 2.24) is 9.55 Å². The Labute approximate surface area is 201 Å². The van der Waals surface area contributed by atoms with Gasteiger partial charge in [0.1, 0.15) is 18.1 Å². The predicted octanol–water partition coefficient (Wildman–Crippen LogP) is 5.75. The van der Waals surface area contributed by atoms with Crippen molar-refractivity contribution in [3.05, 3.63) is 64.2 Å². The van der Waals surface area contributed by atoms with Crippen LogP contribution in [0.3, 0.4) is 0 Å². The van der Waals surface area contributed by atoms with Gasteiger partial charge in [0.15, 0.2) is 5.78 Å². The van der Waals surface area contributed by atoms with E-state index in [1.165, 1.54) is 0 Å². The maximum absolute atomic E-state index is 13.3. The van der Waals surface area contributed by atoms with Crippen molar-refractivity contribution in [2.45, 2.75) is 38.9 Å². The van der Waals surface area contributed by atoms with E-state index in [0.29, 0.717) is 31.4 Å². The van der Waals surface area contributed by atoms with Gasteiger partial charge in [-0.2, -0.15) is 11.3 Å². The number of nitrogens with one attached hydrogen (secondary N) is 1. The summed E-state index contributed by atoms with van der Waals surface area (Å²) >= 11 is 1.63. The summed E-state index contributed by atoms with van der Waals surface area (Å²) in [7, 11) is 1.67. The topological polar surface area (TPSA) is 76.5 Å². The summed E-state index contributed by atoms with van der Waals surface area (Å²) in [6, 6.07) is 6.13. The molecule has 1 saturated carbocycles. The third-order valence-electron chi connectivity index (χ3n) is 7.05. The minimum Gasteiger partial charge on any atom is -0.496 e. The molecule has 34 heavy (non-hydrogen) atoms. The van der Waals surface area contributed by atoms with Crippen molar-refractivity contribution in [3.63, 3.8) is 0 Å². The van der Waals surface area contributed by atoms with Gasteiger partial charge in [0.05, 0.1) is 24.6 Å². The molecular formula is C27H26N2O4S. The molecule has 4 aromatic rings. The maximum Gasteiger partial charge on any atom is 0.165 e. The van der Waals surface area contributed by atoms with E-state index in [0.717, 1.165) is 50.7 Å². The molecule has 1 aliphatic heterocycles. The van der Waals surface area contributed by atoms with Crippen LogP contribution in [0.1, 0.15) is 40.7 Å². The van der Waals surface area contributed by atoms with Gasteiger partial charge in [0.25, 0.3) is 0 Å². The monoisotopic (exact) mass is 474 g/mol. The Morgan fingerprint density at radius 3 is 2.79 bits per heavy atom. The molecule has 4 heterocycles. The van der Waals surface area contributed by atoms with Gasteiger partial charge >= 0.3 is 0 Å². The zero-order chi connectivity index (χ0) is 23.4. The van der Waals surface area contributed by atoms with Crippen LogP contribution in [0.2, 0.25) is 0 Å². The number of carbonyl (C=O) groups is 1. The van der Waals surface area contributed by atoms with Gasteiger partial charge in [-0.25, -0.2) is 0 Å². The van der Waals surface area contributed by atoms with E-state index in [1.54, 1.807) is 18.4 Å². The van der Waals surface area contributed by atoms with Crippen LogP contribution in [0.25, 0.3) is 28.1 Å². The van der Waals surface area contributed by atoms with Gasteiger partial charge in [-0.15, -0.1) is 0 Å². The highest BCUT2D eigenvalue weighted by Gasteiger charge is 2.33. The Bertz CT molecular complexity index is 1380. The minimum atomic E-state index is -0.261. The predicted molar refractivity (Wildman–Crippen MR) is 132 cm³/mol. The molecule has 0 spiro atoms. The Morgan fingerprint density at radius 2 is 2.12 bits per heavy atom. The van der Waals surface area contributed by atoms with E-state index in [-0.39, 0.29) is 17.8 Å². The number of hydrogen-bond acceptors (Lipinski definition) is 5. The van der Waals surface area contributed by atoms with E-state index >= 15 is 0 Å². The van der Waals surface area contributed by atoms with E-state index in [9.17, 15) is 9.90 Å². The number of aliphatic hydroxyl groups excluding tert-OH is 1. The highest BCUT2D eigenvalue weighted by atomic mass is 32.1. The van der Waals surface area contributed by atoms with Gasteiger partial charge in [0.2, 0.25) is 0 Å². The number of hydrogen-bond donors (Lipinski definition) is 2. The van der Waals surface area contributed by atoms with Gasteiger partial charge in [0, 0.05) is 64.3 Å². The van der Waals surface area contributed by atoms with Gasteiger partial charge in [-0.3, -0.25) is 4.79 Å². The first-order chi connectivity index (χ1) is 16.5. The first kappa shape index (κ1) is 21.3. The van der Waals surface area contributed by atoms with Crippen LogP contribution in [0, 0.1) is 12.8 Å². The molecule has 174 valence electrons. The summed E-state index contributed by atoms with van der Waals surface area (Å²) in [5.74, 6) is 1.87. The van der Waals surface area contributed by atoms with Crippen molar-refractivity contribution < 1.29 is 19.4 Å². The van der Waals surface area contributed by atoms with E-state index in [4.69, 9.17) is 9.47 Å². The average Bonchev–Trinajstić information content (AvgIpc) is 3.56. The highest BCUT2D eigenvalue weighted by Crippen LogP contribution is 2.47. The number of aryl methyl sites for hydroxylation is 1. The van der Waals surface area contributed by atoms with Crippen LogP contribution >= 0.6 is 11.3 Å². The standard InChI is InChI=1S/C27H26N2O4S/c1-15-10-28-11-21(15)19-8-20-26(9-25(19)32-2)33-13-23-22(24(31)7-16-5-18(30)6-16)12-29(27(20)23)17-3-4-34-14-17/h3-4,8-12,14,16,18,28,30H,5-7,13H2,1-2H3. The lowest BCUT2D eigenvalue weighted by molar-refractivity contribution is 0.0381. The molecule has 2 aliphatic rings. The number of Topliss-reactive ketones (excluding diaryl/α,β-unsaturated/α-hetero) is 1. The molecule has 6 nitrogen and oxygen atoms in total. The fourth-order valence-electron chi connectivity index (χ4n) is 5.19. The number of ketones is 1. The first-order valence-corrected chi connectivity index (χ1v) is 12.4. The number of aliphatic hydroxyl groups is 1. The molecule has 3 aromatic heterocycles. The summed E-state index contributed by atoms with van der Waals surface area (Å²) in [5, 5.41) is 13.8. The number of methoxy groups -OCH3 is 1. The highest BCUT2D eigenvalue weighted by molar-refractivity contribution is 7.08. The van der Waals surface area contributed by atoms with Crippen molar-refractivity contribution in [3.8, 4) is 39.6 Å². The fraction of sp³-hybridized carbons (Fsp3) is 0.296. The number of thiophene rings is 1. The maximum atomic E-state index is 13.3. The molecule has 0 atom stereocenters. The number of ether oxygens (including phenoxy) is 2. The zero-order valence-electron chi connectivity index (χ0n) is 19.1. The van der Waals surface area contributed by atoms with Crippen LogP contribution < -0.4 is 9.47 Å². The molecule has 7 heteroatoms. The largest absolute Gasteiger partial charge is 0.496 e. The summed E-state index contributed by atoms with van der Waals surface area (Å²) in [6.07, 6.45) is 7.52. The molecule has 0 amide bonds. The molecule has 1 aromatic carbocycles. The Hall–Kier alpha value is -3.29. The number of carbonyl (C=O) groups excluding carboxylic acids is 1. The molecule has 0 bridgehead atoms. The van der Waals surface area contributed by atoms with Crippen LogP contribution in [0.5, 0.6) is 11.5 Å². The van der Waals surface area contributed by atoms with Crippen LogP contribution in [0.4, 0.5) is 0 Å². The average molecular weight is 475 g/mol. The Kier molecular flexibility index (Phi) is 5.12. The second-order valence-corrected chi connectivity index (χ2v) is 10.0. The van der Waals surface area contributed by atoms with Crippen molar-refractivity contribution >= 4 is 17.1 Å². The van der Waals surface area contributed by atoms with E-state index in [1.807, 2.05) is 30.0 Å².